The van der Waals surface area contributed by atoms with Crippen molar-refractivity contribution < 1.29 is 0 Å². The number of hydrogen-bond donors (Lipinski definition) is 0. The lowest BCUT2D eigenvalue weighted by atomic mass is 9.66. The van der Waals surface area contributed by atoms with Gasteiger partial charge in [-0.05, 0) is 55.5 Å². The Morgan fingerprint density at radius 3 is 2.83 bits per heavy atom. The molecule has 1 aliphatic carbocycles. The molecule has 0 aliphatic heterocycles. The number of nitriles is 1. The largest absolute Gasteiger partial charge is 0.256 e. The number of fused-ring (bicyclic) bond motifs is 1. The topological polar surface area (TPSA) is 36.7 Å². The van der Waals surface area contributed by atoms with Crippen LogP contribution in [0, 0.1) is 23.7 Å². The molecule has 2 nitrogen and oxygen atoms in total. The van der Waals surface area contributed by atoms with Gasteiger partial charge < -0.3 is 0 Å². The number of rotatable bonds is 2. The van der Waals surface area contributed by atoms with E-state index < -0.39 is 0 Å². The molecule has 1 fully saturated rings. The molecule has 0 atom stereocenters. The molecule has 0 saturated heterocycles. The maximum Gasteiger partial charge on any atom is 0.0702 e. The summed E-state index contributed by atoms with van der Waals surface area (Å²) in [5.74, 6) is 0. The number of benzene rings is 1. The van der Waals surface area contributed by atoms with Gasteiger partial charge in [-0.3, -0.25) is 4.98 Å². The van der Waals surface area contributed by atoms with Crippen molar-refractivity contribution in [3.05, 3.63) is 41.6 Å². The predicted octanol–water partition coefficient (Wildman–Crippen LogP) is 3.78. The van der Waals surface area contributed by atoms with E-state index in [9.17, 15) is 5.26 Å². The molecule has 1 saturated carbocycles. The van der Waals surface area contributed by atoms with Crippen molar-refractivity contribution in [2.75, 3.05) is 0 Å². The lowest BCUT2D eigenvalue weighted by Crippen LogP contribution is -2.29. The maximum atomic E-state index is 9.29. The normalized spacial score (nSPS) is 17.1. The van der Waals surface area contributed by atoms with Crippen LogP contribution in [0.4, 0.5) is 0 Å². The molecule has 0 radical (unpaired) electrons. The summed E-state index contributed by atoms with van der Waals surface area (Å²) in [7, 11) is 0. The summed E-state index contributed by atoms with van der Waals surface area (Å²) in [5.41, 5.74) is 3.38. The van der Waals surface area contributed by atoms with Crippen LogP contribution in [0.15, 0.2) is 30.5 Å². The standard InChI is InChI=1S/C16H16N2/c1-12-7-14-8-13(3-4-15(14)18-10-12)9-16(11-17)5-2-6-16/h3-4,7-8,10H,2,5-6,9H2,1H3. The Hall–Kier alpha value is -1.88. The van der Waals surface area contributed by atoms with Gasteiger partial charge in [-0.15, -0.1) is 0 Å². The van der Waals surface area contributed by atoms with Crippen LogP contribution < -0.4 is 0 Å². The molecule has 18 heavy (non-hydrogen) atoms. The highest BCUT2D eigenvalue weighted by atomic mass is 14.6. The van der Waals surface area contributed by atoms with Crippen LogP contribution in [0.3, 0.4) is 0 Å². The second-order valence-corrected chi connectivity index (χ2v) is 5.46. The number of aryl methyl sites for hydroxylation is 1. The van der Waals surface area contributed by atoms with Crippen molar-refractivity contribution in [3.8, 4) is 6.07 Å². The summed E-state index contributed by atoms with van der Waals surface area (Å²) in [6, 6.07) is 11.0. The maximum absolute atomic E-state index is 9.29. The van der Waals surface area contributed by atoms with Gasteiger partial charge in [0.1, 0.15) is 0 Å². The van der Waals surface area contributed by atoms with Crippen molar-refractivity contribution in [2.45, 2.75) is 32.6 Å². The van der Waals surface area contributed by atoms with Gasteiger partial charge >= 0.3 is 0 Å². The second kappa shape index (κ2) is 4.10. The van der Waals surface area contributed by atoms with E-state index in [0.717, 1.165) is 24.8 Å². The Balaban J connectivity index is 1.96. The zero-order chi connectivity index (χ0) is 12.6. The summed E-state index contributed by atoms with van der Waals surface area (Å²) in [4.78, 5) is 4.41. The third kappa shape index (κ3) is 1.86. The minimum Gasteiger partial charge on any atom is -0.256 e. The molecule has 1 aliphatic rings. The first kappa shape index (κ1) is 11.2. The van der Waals surface area contributed by atoms with Gasteiger partial charge in [0.05, 0.1) is 17.0 Å². The molecule has 0 amide bonds. The molecular formula is C16H16N2. The van der Waals surface area contributed by atoms with Crippen molar-refractivity contribution in [1.29, 1.82) is 5.26 Å². The van der Waals surface area contributed by atoms with E-state index >= 15 is 0 Å². The Kier molecular flexibility index (Phi) is 2.56. The highest BCUT2D eigenvalue weighted by molar-refractivity contribution is 5.79. The summed E-state index contributed by atoms with van der Waals surface area (Å²) < 4.78 is 0. The minimum absolute atomic E-state index is 0.0923. The molecule has 2 heteroatoms. The molecule has 0 unspecified atom stereocenters. The van der Waals surface area contributed by atoms with Gasteiger partial charge in [-0.1, -0.05) is 12.5 Å². The van der Waals surface area contributed by atoms with E-state index in [4.69, 9.17) is 0 Å². The average Bonchev–Trinajstić information content (AvgIpc) is 2.33. The second-order valence-electron chi connectivity index (χ2n) is 5.46. The number of hydrogen-bond acceptors (Lipinski definition) is 2. The van der Waals surface area contributed by atoms with Crippen molar-refractivity contribution in [3.63, 3.8) is 0 Å². The van der Waals surface area contributed by atoms with Crippen LogP contribution >= 0.6 is 0 Å². The van der Waals surface area contributed by atoms with Gasteiger partial charge in [0.15, 0.2) is 0 Å². The van der Waals surface area contributed by atoms with E-state index in [1.807, 2.05) is 6.20 Å². The SMILES string of the molecule is Cc1cnc2ccc(CC3(C#N)CCC3)cc2c1. The fourth-order valence-electron chi connectivity index (χ4n) is 2.72. The zero-order valence-corrected chi connectivity index (χ0v) is 10.6. The molecule has 3 rings (SSSR count). The first-order valence-electron chi connectivity index (χ1n) is 6.47. The quantitative estimate of drug-likeness (QED) is 0.795. The van der Waals surface area contributed by atoms with E-state index in [0.29, 0.717) is 0 Å². The van der Waals surface area contributed by atoms with Crippen molar-refractivity contribution >= 4 is 10.9 Å². The fraction of sp³-hybridized carbons (Fsp3) is 0.375. The third-order valence-electron chi connectivity index (χ3n) is 3.97. The van der Waals surface area contributed by atoms with E-state index in [2.05, 4.69) is 42.2 Å². The molecule has 1 aromatic carbocycles. The van der Waals surface area contributed by atoms with E-state index in [1.165, 1.54) is 22.9 Å². The van der Waals surface area contributed by atoms with Crippen molar-refractivity contribution in [2.24, 2.45) is 5.41 Å². The lowest BCUT2D eigenvalue weighted by Gasteiger charge is -2.35. The molecule has 2 aromatic rings. The van der Waals surface area contributed by atoms with Crippen LogP contribution in [0.2, 0.25) is 0 Å². The highest BCUT2D eigenvalue weighted by Crippen LogP contribution is 2.43. The molecular weight excluding hydrogens is 220 g/mol. The summed E-state index contributed by atoms with van der Waals surface area (Å²) in [6.07, 6.45) is 6.07. The van der Waals surface area contributed by atoms with Crippen LogP contribution in [-0.2, 0) is 6.42 Å². The smallest absolute Gasteiger partial charge is 0.0702 e. The number of aromatic nitrogens is 1. The molecule has 0 bridgehead atoms. The minimum atomic E-state index is -0.0923. The number of pyridine rings is 1. The third-order valence-corrected chi connectivity index (χ3v) is 3.97. The average molecular weight is 236 g/mol. The van der Waals surface area contributed by atoms with Gasteiger partial charge in [0.25, 0.3) is 0 Å². The first-order valence-corrected chi connectivity index (χ1v) is 6.47. The van der Waals surface area contributed by atoms with Gasteiger partial charge in [-0.2, -0.15) is 5.26 Å². The van der Waals surface area contributed by atoms with Crippen LogP contribution in [0.1, 0.15) is 30.4 Å². The Morgan fingerprint density at radius 2 is 2.17 bits per heavy atom. The van der Waals surface area contributed by atoms with Crippen LogP contribution in [0.25, 0.3) is 10.9 Å². The lowest BCUT2D eigenvalue weighted by molar-refractivity contribution is 0.214. The zero-order valence-electron chi connectivity index (χ0n) is 10.6. The molecule has 1 heterocycles. The molecule has 1 aromatic heterocycles. The summed E-state index contributed by atoms with van der Waals surface area (Å²) in [6.45, 7) is 2.06. The monoisotopic (exact) mass is 236 g/mol. The predicted molar refractivity (Wildman–Crippen MR) is 72.1 cm³/mol. The highest BCUT2D eigenvalue weighted by Gasteiger charge is 2.37. The van der Waals surface area contributed by atoms with E-state index in [-0.39, 0.29) is 5.41 Å². The Morgan fingerprint density at radius 1 is 1.33 bits per heavy atom. The summed E-state index contributed by atoms with van der Waals surface area (Å²) in [5, 5.41) is 10.5. The molecule has 0 N–H and O–H groups in total. The Labute approximate surface area is 107 Å². The fourth-order valence-corrected chi connectivity index (χ4v) is 2.72. The van der Waals surface area contributed by atoms with E-state index in [1.54, 1.807) is 0 Å². The summed E-state index contributed by atoms with van der Waals surface area (Å²) >= 11 is 0. The van der Waals surface area contributed by atoms with Crippen LogP contribution in [0.5, 0.6) is 0 Å². The van der Waals surface area contributed by atoms with Crippen LogP contribution in [-0.4, -0.2) is 4.98 Å². The van der Waals surface area contributed by atoms with Gasteiger partial charge in [0, 0.05) is 11.6 Å². The molecule has 90 valence electrons. The Bertz CT molecular complexity index is 633. The van der Waals surface area contributed by atoms with Crippen molar-refractivity contribution in [1.82, 2.24) is 4.98 Å². The number of nitrogens with zero attached hydrogens (tertiary/aromatic N) is 2. The molecule has 0 spiro atoms. The van der Waals surface area contributed by atoms with Gasteiger partial charge in [0.2, 0.25) is 0 Å². The van der Waals surface area contributed by atoms with Gasteiger partial charge in [-0.25, -0.2) is 0 Å². The first-order chi connectivity index (χ1) is 8.71.